The molecule has 0 heterocycles. The minimum absolute atomic E-state index is 0.395. The zero-order chi connectivity index (χ0) is 12.1. The van der Waals surface area contributed by atoms with Crippen molar-refractivity contribution < 1.29 is 19.7 Å². The van der Waals surface area contributed by atoms with Crippen molar-refractivity contribution in [3.8, 4) is 0 Å². The summed E-state index contributed by atoms with van der Waals surface area (Å²) in [6.07, 6.45) is 1.59. The van der Waals surface area contributed by atoms with Crippen LogP contribution in [0.2, 0.25) is 0 Å². The van der Waals surface area contributed by atoms with Crippen LogP contribution in [-0.2, 0) is 14.6 Å². The van der Waals surface area contributed by atoms with E-state index in [4.69, 9.17) is 14.9 Å². The monoisotopic (exact) mass is 218 g/mol. The highest BCUT2D eigenvalue weighted by Gasteiger charge is 2.39. The number of carbonyl (C=O) groups is 1. The number of carboxylic acid groups (broad SMARTS) is 1. The van der Waals surface area contributed by atoms with Gasteiger partial charge in [-0.2, -0.15) is 0 Å². The van der Waals surface area contributed by atoms with Gasteiger partial charge in [0.05, 0.1) is 5.60 Å². The third kappa shape index (κ3) is 4.62. The molecule has 0 aromatic carbocycles. The van der Waals surface area contributed by atoms with Gasteiger partial charge in [-0.25, -0.2) is 14.6 Å². The molecule has 0 rings (SSSR count). The van der Waals surface area contributed by atoms with Crippen LogP contribution >= 0.6 is 0 Å². The Morgan fingerprint density at radius 3 is 2.00 bits per heavy atom. The highest BCUT2D eigenvalue weighted by molar-refractivity contribution is 5.77. The van der Waals surface area contributed by atoms with Gasteiger partial charge in [0.1, 0.15) is 0 Å². The molecule has 0 aliphatic carbocycles. The molecule has 0 saturated carbocycles. The van der Waals surface area contributed by atoms with E-state index in [1.54, 1.807) is 6.92 Å². The third-order valence-electron chi connectivity index (χ3n) is 2.07. The first-order valence-electron chi connectivity index (χ1n) is 5.37. The number of rotatable bonds is 6. The Hall–Kier alpha value is -0.610. The smallest absolute Gasteiger partial charge is 0.339 e. The summed E-state index contributed by atoms with van der Waals surface area (Å²) in [7, 11) is 0. The van der Waals surface area contributed by atoms with Crippen molar-refractivity contribution in [2.24, 2.45) is 0 Å². The van der Waals surface area contributed by atoms with E-state index in [0.29, 0.717) is 12.8 Å². The quantitative estimate of drug-likeness (QED) is 0.550. The lowest BCUT2D eigenvalue weighted by Gasteiger charge is -2.30. The molecule has 0 radical (unpaired) electrons. The van der Waals surface area contributed by atoms with Crippen LogP contribution in [0.5, 0.6) is 0 Å². The van der Waals surface area contributed by atoms with E-state index < -0.39 is 17.2 Å². The van der Waals surface area contributed by atoms with Crippen LogP contribution in [0, 0.1) is 0 Å². The van der Waals surface area contributed by atoms with Crippen molar-refractivity contribution in [3.63, 3.8) is 0 Å². The van der Waals surface area contributed by atoms with E-state index in [0.717, 1.165) is 6.42 Å². The summed E-state index contributed by atoms with van der Waals surface area (Å²) >= 11 is 0. The molecule has 0 spiro atoms. The van der Waals surface area contributed by atoms with Crippen molar-refractivity contribution in [3.05, 3.63) is 0 Å². The molecule has 1 N–H and O–H groups in total. The first-order valence-corrected chi connectivity index (χ1v) is 5.37. The molecular formula is C11H22O4. The number of hydrogen-bond donors (Lipinski definition) is 1. The molecule has 0 saturated heterocycles. The highest BCUT2D eigenvalue weighted by atomic mass is 17.2. The van der Waals surface area contributed by atoms with Crippen molar-refractivity contribution >= 4 is 5.97 Å². The summed E-state index contributed by atoms with van der Waals surface area (Å²) in [4.78, 5) is 21.4. The summed E-state index contributed by atoms with van der Waals surface area (Å²) in [5, 5.41) is 9.15. The molecule has 1 atom stereocenters. The number of aliphatic carboxylic acids is 1. The fourth-order valence-corrected chi connectivity index (χ4v) is 1.18. The van der Waals surface area contributed by atoms with Crippen LogP contribution in [0.4, 0.5) is 0 Å². The van der Waals surface area contributed by atoms with Gasteiger partial charge in [0.15, 0.2) is 5.60 Å². The normalized spacial score (nSPS) is 16.1. The summed E-state index contributed by atoms with van der Waals surface area (Å²) in [5.41, 5.74) is -1.70. The van der Waals surface area contributed by atoms with Crippen LogP contribution in [0.15, 0.2) is 0 Å². The van der Waals surface area contributed by atoms with Gasteiger partial charge >= 0.3 is 5.97 Å². The maximum Gasteiger partial charge on any atom is 0.339 e. The number of hydrogen-bond acceptors (Lipinski definition) is 3. The van der Waals surface area contributed by atoms with E-state index in [9.17, 15) is 4.79 Å². The first kappa shape index (κ1) is 14.4. The van der Waals surface area contributed by atoms with Gasteiger partial charge in [-0.3, -0.25) is 0 Å². The molecule has 0 amide bonds. The van der Waals surface area contributed by atoms with Crippen LogP contribution in [0.25, 0.3) is 0 Å². The topological polar surface area (TPSA) is 55.8 Å². The summed E-state index contributed by atoms with van der Waals surface area (Å²) in [6, 6.07) is 0. The van der Waals surface area contributed by atoms with E-state index in [1.165, 1.54) is 0 Å². The molecule has 0 aromatic rings. The molecular weight excluding hydrogens is 196 g/mol. The summed E-state index contributed by atoms with van der Waals surface area (Å²) in [6.45, 7) is 9.17. The summed E-state index contributed by atoms with van der Waals surface area (Å²) in [5.74, 6) is -0.962. The van der Waals surface area contributed by atoms with Crippen molar-refractivity contribution in [2.45, 2.75) is 65.1 Å². The van der Waals surface area contributed by atoms with Crippen LogP contribution < -0.4 is 0 Å². The molecule has 0 aliphatic heterocycles. The molecule has 15 heavy (non-hydrogen) atoms. The molecule has 0 fully saturated rings. The second-order valence-electron chi connectivity index (χ2n) is 4.68. The standard InChI is InChI=1S/C11H22O4/c1-6-8-11(7-2,9(12)13)15-14-10(3,4)5/h6-8H2,1-5H3,(H,12,13). The Morgan fingerprint density at radius 2 is 1.73 bits per heavy atom. The minimum Gasteiger partial charge on any atom is -0.479 e. The zero-order valence-electron chi connectivity index (χ0n) is 10.3. The van der Waals surface area contributed by atoms with Crippen molar-refractivity contribution in [2.75, 3.05) is 0 Å². The molecule has 4 nitrogen and oxygen atoms in total. The lowest BCUT2D eigenvalue weighted by molar-refractivity contribution is -0.398. The lowest BCUT2D eigenvalue weighted by Crippen LogP contribution is -2.43. The predicted octanol–water partition coefficient (Wildman–Crippen LogP) is 2.77. The molecule has 1 unspecified atom stereocenters. The highest BCUT2D eigenvalue weighted by Crippen LogP contribution is 2.25. The van der Waals surface area contributed by atoms with Gasteiger partial charge in [-0.15, -0.1) is 0 Å². The van der Waals surface area contributed by atoms with Crippen LogP contribution in [0.1, 0.15) is 53.9 Å². The van der Waals surface area contributed by atoms with Gasteiger partial charge in [0.2, 0.25) is 0 Å². The Kier molecular flexibility index (Phi) is 5.24. The molecule has 0 aromatic heterocycles. The van der Waals surface area contributed by atoms with E-state index >= 15 is 0 Å². The van der Waals surface area contributed by atoms with Gasteiger partial charge in [-0.1, -0.05) is 20.3 Å². The van der Waals surface area contributed by atoms with Gasteiger partial charge < -0.3 is 5.11 Å². The number of carboxylic acids is 1. The SMILES string of the molecule is CCCC(CC)(OOC(C)(C)C)C(=O)O. The Labute approximate surface area is 91.5 Å². The summed E-state index contributed by atoms with van der Waals surface area (Å²) < 4.78 is 0. The van der Waals surface area contributed by atoms with Gasteiger partial charge in [-0.05, 0) is 33.6 Å². The first-order chi connectivity index (χ1) is 6.77. The average Bonchev–Trinajstić information content (AvgIpc) is 2.10. The molecule has 0 aliphatic rings. The maximum absolute atomic E-state index is 11.2. The Morgan fingerprint density at radius 1 is 1.20 bits per heavy atom. The maximum atomic E-state index is 11.2. The van der Waals surface area contributed by atoms with Gasteiger partial charge in [0.25, 0.3) is 0 Å². The second kappa shape index (κ2) is 5.47. The fourth-order valence-electron chi connectivity index (χ4n) is 1.18. The van der Waals surface area contributed by atoms with E-state index in [2.05, 4.69) is 0 Å². The van der Waals surface area contributed by atoms with E-state index in [-0.39, 0.29) is 0 Å². The Balaban J connectivity index is 4.55. The largest absolute Gasteiger partial charge is 0.479 e. The van der Waals surface area contributed by atoms with Crippen molar-refractivity contribution in [1.29, 1.82) is 0 Å². The lowest BCUT2D eigenvalue weighted by atomic mass is 9.95. The second-order valence-corrected chi connectivity index (χ2v) is 4.68. The van der Waals surface area contributed by atoms with Crippen molar-refractivity contribution in [1.82, 2.24) is 0 Å². The van der Waals surface area contributed by atoms with Gasteiger partial charge in [0, 0.05) is 0 Å². The molecule has 90 valence electrons. The van der Waals surface area contributed by atoms with Crippen LogP contribution in [0.3, 0.4) is 0 Å². The van der Waals surface area contributed by atoms with Crippen LogP contribution in [-0.4, -0.2) is 22.3 Å². The van der Waals surface area contributed by atoms with E-state index in [1.807, 2.05) is 27.7 Å². The Bertz CT molecular complexity index is 207. The third-order valence-corrected chi connectivity index (χ3v) is 2.07. The zero-order valence-corrected chi connectivity index (χ0v) is 10.3. The average molecular weight is 218 g/mol. The minimum atomic E-state index is -1.21. The fraction of sp³-hybridized carbons (Fsp3) is 0.909. The predicted molar refractivity (Wildman–Crippen MR) is 57.5 cm³/mol. The molecule has 4 heteroatoms. The molecule has 0 bridgehead atoms.